The SMILES string of the molecule is NC(C(=O)NCC1(c2ccc(F)cc2)CCC1)C1CCC(C(O)Nc2ccncc2)CC1. The first-order valence-electron chi connectivity index (χ1n) is 11.6. The van der Waals surface area contributed by atoms with E-state index in [2.05, 4.69) is 15.6 Å². The highest BCUT2D eigenvalue weighted by molar-refractivity contribution is 5.82. The molecule has 2 aliphatic rings. The quantitative estimate of drug-likeness (QED) is 0.472. The van der Waals surface area contributed by atoms with Crippen molar-refractivity contribution in [2.45, 2.75) is 62.6 Å². The van der Waals surface area contributed by atoms with E-state index in [0.29, 0.717) is 6.54 Å². The van der Waals surface area contributed by atoms with Gasteiger partial charge in [0.05, 0.1) is 6.04 Å². The number of aromatic nitrogens is 1. The molecule has 32 heavy (non-hydrogen) atoms. The van der Waals surface area contributed by atoms with Gasteiger partial charge in [0.1, 0.15) is 12.0 Å². The average Bonchev–Trinajstić information content (AvgIpc) is 2.79. The molecule has 7 heteroatoms. The molecule has 0 saturated heterocycles. The van der Waals surface area contributed by atoms with E-state index in [9.17, 15) is 14.3 Å². The Morgan fingerprint density at radius 3 is 2.31 bits per heavy atom. The average molecular weight is 441 g/mol. The molecule has 1 aromatic heterocycles. The number of rotatable bonds is 8. The summed E-state index contributed by atoms with van der Waals surface area (Å²) in [5.41, 5.74) is 8.15. The number of carbonyl (C=O) groups is 1. The number of nitrogens with one attached hydrogen (secondary N) is 2. The summed E-state index contributed by atoms with van der Waals surface area (Å²) >= 11 is 0. The van der Waals surface area contributed by atoms with Crippen LogP contribution in [0.15, 0.2) is 48.8 Å². The number of amides is 1. The molecule has 2 atom stereocenters. The monoisotopic (exact) mass is 440 g/mol. The third kappa shape index (κ3) is 5.10. The number of benzene rings is 1. The largest absolute Gasteiger partial charge is 0.374 e. The Bertz CT molecular complexity index is 881. The number of anilines is 1. The zero-order chi connectivity index (χ0) is 22.6. The molecule has 1 aromatic carbocycles. The molecule has 1 heterocycles. The van der Waals surface area contributed by atoms with Crippen molar-refractivity contribution in [1.29, 1.82) is 0 Å². The molecule has 4 rings (SSSR count). The van der Waals surface area contributed by atoms with Crippen molar-refractivity contribution in [3.63, 3.8) is 0 Å². The van der Waals surface area contributed by atoms with E-state index < -0.39 is 12.3 Å². The second-order valence-corrected chi connectivity index (χ2v) is 9.38. The molecule has 2 aromatic rings. The minimum Gasteiger partial charge on any atom is -0.374 e. The summed E-state index contributed by atoms with van der Waals surface area (Å²) in [5, 5.41) is 16.7. The van der Waals surface area contributed by atoms with Gasteiger partial charge in [-0.2, -0.15) is 0 Å². The first-order chi connectivity index (χ1) is 15.5. The molecule has 0 radical (unpaired) electrons. The third-order valence-electron chi connectivity index (χ3n) is 7.44. The van der Waals surface area contributed by atoms with Gasteiger partial charge in [0.25, 0.3) is 0 Å². The number of carbonyl (C=O) groups excluding carboxylic acids is 1. The molecular formula is C25H33FN4O2. The van der Waals surface area contributed by atoms with Crippen molar-refractivity contribution >= 4 is 11.6 Å². The fourth-order valence-electron chi connectivity index (χ4n) is 5.12. The molecule has 2 fully saturated rings. The van der Waals surface area contributed by atoms with Crippen LogP contribution in [0.5, 0.6) is 0 Å². The van der Waals surface area contributed by atoms with E-state index in [-0.39, 0.29) is 29.0 Å². The molecule has 0 aliphatic heterocycles. The Morgan fingerprint density at radius 2 is 1.72 bits per heavy atom. The lowest BCUT2D eigenvalue weighted by Gasteiger charge is -2.43. The van der Waals surface area contributed by atoms with Crippen LogP contribution in [-0.2, 0) is 10.2 Å². The standard InChI is InChI=1S/C25H33FN4O2/c26-20-8-6-19(7-9-20)25(12-1-13-25)16-29-24(32)22(27)17-2-4-18(5-3-17)23(31)30-21-10-14-28-15-11-21/h6-11,14-15,17-18,22-23,31H,1-5,12-13,16,27H2,(H,28,30)(H,29,32). The van der Waals surface area contributed by atoms with Crippen LogP contribution in [-0.4, -0.2) is 34.8 Å². The fraction of sp³-hybridized carbons (Fsp3) is 0.520. The minimum absolute atomic E-state index is 0.108. The molecule has 2 saturated carbocycles. The van der Waals surface area contributed by atoms with Crippen LogP contribution >= 0.6 is 0 Å². The van der Waals surface area contributed by atoms with Crippen molar-refractivity contribution in [1.82, 2.24) is 10.3 Å². The summed E-state index contributed by atoms with van der Waals surface area (Å²) in [4.78, 5) is 16.8. The van der Waals surface area contributed by atoms with Crippen molar-refractivity contribution in [3.8, 4) is 0 Å². The summed E-state index contributed by atoms with van der Waals surface area (Å²) in [5.74, 6) is -0.114. The number of aliphatic hydroxyl groups excluding tert-OH is 1. The van der Waals surface area contributed by atoms with Gasteiger partial charge in [-0.05, 0) is 74.3 Å². The topological polar surface area (TPSA) is 100 Å². The van der Waals surface area contributed by atoms with E-state index in [1.165, 1.54) is 12.1 Å². The van der Waals surface area contributed by atoms with Crippen LogP contribution < -0.4 is 16.4 Å². The summed E-state index contributed by atoms with van der Waals surface area (Å²) < 4.78 is 13.3. The zero-order valence-corrected chi connectivity index (χ0v) is 18.3. The number of nitrogens with zero attached hydrogens (tertiary/aromatic N) is 1. The van der Waals surface area contributed by atoms with Gasteiger partial charge in [0, 0.05) is 36.0 Å². The number of hydrogen-bond donors (Lipinski definition) is 4. The highest BCUT2D eigenvalue weighted by Gasteiger charge is 2.40. The second kappa shape index (κ2) is 9.96. The van der Waals surface area contributed by atoms with Gasteiger partial charge in [-0.25, -0.2) is 4.39 Å². The van der Waals surface area contributed by atoms with Gasteiger partial charge >= 0.3 is 0 Å². The van der Waals surface area contributed by atoms with Crippen molar-refractivity contribution in [3.05, 3.63) is 60.2 Å². The Balaban J connectivity index is 1.25. The van der Waals surface area contributed by atoms with Crippen LogP contribution in [0.2, 0.25) is 0 Å². The number of nitrogens with two attached hydrogens (primary N) is 1. The molecule has 5 N–H and O–H groups in total. The maximum absolute atomic E-state index is 13.3. The molecule has 0 spiro atoms. The summed E-state index contributed by atoms with van der Waals surface area (Å²) in [6, 6.07) is 9.73. The second-order valence-electron chi connectivity index (χ2n) is 9.38. The first-order valence-corrected chi connectivity index (χ1v) is 11.6. The van der Waals surface area contributed by atoms with E-state index in [1.807, 2.05) is 24.3 Å². The highest BCUT2D eigenvalue weighted by atomic mass is 19.1. The first kappa shape index (κ1) is 22.7. The third-order valence-corrected chi connectivity index (χ3v) is 7.44. The smallest absolute Gasteiger partial charge is 0.237 e. The van der Waals surface area contributed by atoms with Gasteiger partial charge in [-0.3, -0.25) is 9.78 Å². The van der Waals surface area contributed by atoms with Gasteiger partial charge in [0.15, 0.2) is 0 Å². The Morgan fingerprint density at radius 1 is 1.09 bits per heavy atom. The molecule has 0 bridgehead atoms. The maximum atomic E-state index is 13.3. The normalized spacial score (nSPS) is 24.1. The lowest BCUT2D eigenvalue weighted by molar-refractivity contribution is -0.124. The molecule has 2 aliphatic carbocycles. The summed E-state index contributed by atoms with van der Waals surface area (Å²) in [6.45, 7) is 0.537. The van der Waals surface area contributed by atoms with E-state index >= 15 is 0 Å². The number of aliphatic hydroxyl groups is 1. The Kier molecular flexibility index (Phi) is 7.06. The predicted molar refractivity (Wildman–Crippen MR) is 122 cm³/mol. The van der Waals surface area contributed by atoms with E-state index in [0.717, 1.165) is 56.2 Å². The number of hydrogen-bond acceptors (Lipinski definition) is 5. The summed E-state index contributed by atoms with van der Waals surface area (Å²) in [7, 11) is 0. The lowest BCUT2D eigenvalue weighted by atomic mass is 9.64. The van der Waals surface area contributed by atoms with Crippen LogP contribution in [0.25, 0.3) is 0 Å². The molecular weight excluding hydrogens is 407 g/mol. The fourth-order valence-corrected chi connectivity index (χ4v) is 5.12. The maximum Gasteiger partial charge on any atom is 0.237 e. The van der Waals surface area contributed by atoms with Crippen molar-refractivity contribution < 1.29 is 14.3 Å². The molecule has 6 nitrogen and oxygen atoms in total. The molecule has 1 amide bonds. The van der Waals surface area contributed by atoms with Gasteiger partial charge in [-0.15, -0.1) is 0 Å². The van der Waals surface area contributed by atoms with Gasteiger partial charge in [-0.1, -0.05) is 18.6 Å². The highest BCUT2D eigenvalue weighted by Crippen LogP contribution is 2.43. The van der Waals surface area contributed by atoms with Crippen LogP contribution in [0, 0.1) is 17.7 Å². The van der Waals surface area contributed by atoms with Crippen LogP contribution in [0.4, 0.5) is 10.1 Å². The minimum atomic E-state index is -0.627. The van der Waals surface area contributed by atoms with Crippen molar-refractivity contribution in [2.75, 3.05) is 11.9 Å². The molecule has 172 valence electrons. The Hall–Kier alpha value is -2.51. The van der Waals surface area contributed by atoms with Gasteiger partial charge < -0.3 is 21.5 Å². The summed E-state index contributed by atoms with van der Waals surface area (Å²) in [6.07, 6.45) is 9.12. The van der Waals surface area contributed by atoms with Crippen molar-refractivity contribution in [2.24, 2.45) is 17.6 Å². The molecule has 2 unspecified atom stereocenters. The number of halogens is 1. The van der Waals surface area contributed by atoms with E-state index in [4.69, 9.17) is 5.73 Å². The zero-order valence-electron chi connectivity index (χ0n) is 18.3. The Labute approximate surface area is 188 Å². The van der Waals surface area contributed by atoms with Crippen LogP contribution in [0.1, 0.15) is 50.5 Å². The van der Waals surface area contributed by atoms with Crippen LogP contribution in [0.3, 0.4) is 0 Å². The van der Waals surface area contributed by atoms with E-state index in [1.54, 1.807) is 12.4 Å². The van der Waals surface area contributed by atoms with Gasteiger partial charge in [0.2, 0.25) is 5.91 Å². The predicted octanol–water partition coefficient (Wildman–Crippen LogP) is 3.32. The lowest BCUT2D eigenvalue weighted by Crippen LogP contribution is -2.52. The number of pyridine rings is 1.